The van der Waals surface area contributed by atoms with E-state index in [1.54, 1.807) is 25.2 Å². The van der Waals surface area contributed by atoms with E-state index in [4.69, 9.17) is 0 Å². The maximum absolute atomic E-state index is 12.4. The van der Waals surface area contributed by atoms with Gasteiger partial charge < -0.3 is 10.3 Å². The van der Waals surface area contributed by atoms with Crippen LogP contribution in [0.3, 0.4) is 0 Å². The van der Waals surface area contributed by atoms with Crippen LogP contribution < -0.4 is 16.4 Å². The maximum atomic E-state index is 12.4. The second-order valence-corrected chi connectivity index (χ2v) is 6.63. The van der Waals surface area contributed by atoms with Crippen LogP contribution in [0.4, 0.5) is 0 Å². The van der Waals surface area contributed by atoms with Gasteiger partial charge in [-0.25, -0.2) is 4.98 Å². The van der Waals surface area contributed by atoms with Gasteiger partial charge in [-0.1, -0.05) is 12.1 Å². The summed E-state index contributed by atoms with van der Waals surface area (Å²) in [5.74, 6) is 0.356. The summed E-state index contributed by atoms with van der Waals surface area (Å²) in [6.07, 6.45) is 0.521. The van der Waals surface area contributed by atoms with Gasteiger partial charge in [-0.2, -0.15) is 0 Å². The summed E-state index contributed by atoms with van der Waals surface area (Å²) in [6, 6.07) is 9.02. The molecule has 1 aromatic carbocycles. The van der Waals surface area contributed by atoms with Crippen LogP contribution in [0.2, 0.25) is 0 Å². The molecule has 2 heterocycles. The van der Waals surface area contributed by atoms with E-state index in [-0.39, 0.29) is 30.0 Å². The molecule has 0 saturated heterocycles. The minimum atomic E-state index is -0.197. The van der Waals surface area contributed by atoms with Crippen molar-refractivity contribution in [2.45, 2.75) is 33.2 Å². The number of aromatic amines is 1. The summed E-state index contributed by atoms with van der Waals surface area (Å²) in [4.78, 5) is 43.8. The summed E-state index contributed by atoms with van der Waals surface area (Å²) in [7, 11) is 1.66. The molecule has 7 heteroatoms. The minimum Gasteiger partial charge on any atom is -0.352 e. The number of amides is 1. The molecule has 2 aromatic heterocycles. The minimum absolute atomic E-state index is 0.127. The first-order valence-corrected chi connectivity index (χ1v) is 8.77. The first kappa shape index (κ1) is 18.6. The fourth-order valence-corrected chi connectivity index (χ4v) is 3.09. The quantitative estimate of drug-likeness (QED) is 0.715. The highest BCUT2D eigenvalue weighted by Crippen LogP contribution is 2.08. The average Bonchev–Trinajstić information content (AvgIpc) is 2.62. The van der Waals surface area contributed by atoms with Gasteiger partial charge in [0.1, 0.15) is 5.82 Å². The van der Waals surface area contributed by atoms with Gasteiger partial charge in [0.25, 0.3) is 11.1 Å². The number of hydrogen-bond donors (Lipinski definition) is 2. The Morgan fingerprint density at radius 1 is 1.22 bits per heavy atom. The molecular weight excluding hydrogens is 344 g/mol. The Bertz CT molecular complexity index is 1130. The van der Waals surface area contributed by atoms with E-state index >= 15 is 0 Å². The van der Waals surface area contributed by atoms with Crippen LogP contribution in [-0.4, -0.2) is 20.4 Å². The lowest BCUT2D eigenvalue weighted by atomic mass is 10.1. The summed E-state index contributed by atoms with van der Waals surface area (Å²) >= 11 is 0. The Kier molecular flexibility index (Phi) is 5.21. The molecule has 140 valence electrons. The first-order valence-electron chi connectivity index (χ1n) is 8.77. The molecule has 1 amide bonds. The zero-order valence-electron chi connectivity index (χ0n) is 15.6. The molecule has 0 aliphatic heterocycles. The standard InChI is InChI=1S/C20H22N4O3/c1-12-10-13(2)22-19(26)15(12)11-21-18(25)9-8-17-23-16-7-5-4-6-14(16)20(27)24(17)3/h4-7,10H,8-9,11H2,1-3H3,(H,21,25)(H,22,26). The molecule has 3 rings (SSSR count). The van der Waals surface area contributed by atoms with Crippen LogP contribution in [0.25, 0.3) is 10.9 Å². The number of rotatable bonds is 5. The monoisotopic (exact) mass is 366 g/mol. The van der Waals surface area contributed by atoms with Crippen LogP contribution in [0.5, 0.6) is 0 Å². The smallest absolute Gasteiger partial charge is 0.261 e. The van der Waals surface area contributed by atoms with E-state index in [2.05, 4.69) is 15.3 Å². The molecule has 0 unspecified atom stereocenters. The number of aromatic nitrogens is 3. The molecule has 0 aliphatic carbocycles. The van der Waals surface area contributed by atoms with E-state index in [0.29, 0.717) is 28.7 Å². The van der Waals surface area contributed by atoms with Gasteiger partial charge in [0.05, 0.1) is 10.9 Å². The Hall–Kier alpha value is -3.22. The molecule has 3 aromatic rings. The number of carbonyl (C=O) groups excluding carboxylic acids is 1. The summed E-state index contributed by atoms with van der Waals surface area (Å²) in [5, 5.41) is 3.33. The zero-order chi connectivity index (χ0) is 19.6. The second-order valence-electron chi connectivity index (χ2n) is 6.63. The number of aryl methyl sites for hydroxylation is 3. The molecule has 2 N–H and O–H groups in total. The van der Waals surface area contributed by atoms with Gasteiger partial charge in [-0.3, -0.25) is 19.0 Å². The molecular formula is C20H22N4O3. The van der Waals surface area contributed by atoms with Crippen molar-refractivity contribution in [3.8, 4) is 0 Å². The number of nitrogens with one attached hydrogen (secondary N) is 2. The van der Waals surface area contributed by atoms with Crippen molar-refractivity contribution in [3.63, 3.8) is 0 Å². The lowest BCUT2D eigenvalue weighted by molar-refractivity contribution is -0.121. The lowest BCUT2D eigenvalue weighted by Crippen LogP contribution is -2.29. The van der Waals surface area contributed by atoms with E-state index < -0.39 is 0 Å². The third-order valence-electron chi connectivity index (χ3n) is 4.61. The third-order valence-corrected chi connectivity index (χ3v) is 4.61. The number of fused-ring (bicyclic) bond motifs is 1. The molecule has 0 fully saturated rings. The molecule has 0 radical (unpaired) electrons. The van der Waals surface area contributed by atoms with Crippen LogP contribution in [0.1, 0.15) is 29.1 Å². The molecule has 0 spiro atoms. The fraction of sp³-hybridized carbons (Fsp3) is 0.300. The van der Waals surface area contributed by atoms with Crippen molar-refractivity contribution < 1.29 is 4.79 Å². The van der Waals surface area contributed by atoms with Gasteiger partial charge in [-0.05, 0) is 37.6 Å². The number of carbonyl (C=O) groups is 1. The Labute approximate surface area is 156 Å². The van der Waals surface area contributed by atoms with Gasteiger partial charge >= 0.3 is 0 Å². The topological polar surface area (TPSA) is 96.8 Å². The predicted molar refractivity (Wildman–Crippen MR) is 104 cm³/mol. The Morgan fingerprint density at radius 2 is 1.96 bits per heavy atom. The second kappa shape index (κ2) is 7.57. The van der Waals surface area contributed by atoms with Crippen LogP contribution in [0, 0.1) is 13.8 Å². The normalized spacial score (nSPS) is 10.9. The van der Waals surface area contributed by atoms with Crippen molar-refractivity contribution in [1.82, 2.24) is 19.9 Å². The molecule has 27 heavy (non-hydrogen) atoms. The number of para-hydroxylation sites is 1. The first-order chi connectivity index (χ1) is 12.9. The Morgan fingerprint density at radius 3 is 2.70 bits per heavy atom. The summed E-state index contributed by atoms with van der Waals surface area (Å²) in [5.41, 5.74) is 2.48. The van der Waals surface area contributed by atoms with E-state index in [1.807, 2.05) is 26.0 Å². The van der Waals surface area contributed by atoms with Gasteiger partial charge in [-0.15, -0.1) is 0 Å². The highest BCUT2D eigenvalue weighted by atomic mass is 16.2. The SMILES string of the molecule is Cc1cc(C)c(CNC(=O)CCc2nc3ccccc3c(=O)n2C)c(=O)[nH]1. The summed E-state index contributed by atoms with van der Waals surface area (Å²) in [6.45, 7) is 3.83. The zero-order valence-corrected chi connectivity index (χ0v) is 15.6. The molecule has 0 aliphatic rings. The van der Waals surface area contributed by atoms with Crippen molar-refractivity contribution in [2.24, 2.45) is 7.05 Å². The maximum Gasteiger partial charge on any atom is 0.261 e. The van der Waals surface area contributed by atoms with E-state index in [1.165, 1.54) is 4.57 Å². The number of nitrogens with zero attached hydrogens (tertiary/aromatic N) is 2. The highest BCUT2D eigenvalue weighted by molar-refractivity contribution is 5.78. The van der Waals surface area contributed by atoms with Crippen molar-refractivity contribution >= 4 is 16.8 Å². The van der Waals surface area contributed by atoms with Crippen LogP contribution in [-0.2, 0) is 24.8 Å². The predicted octanol–water partition coefficient (Wildman–Crippen LogP) is 1.49. The fourth-order valence-electron chi connectivity index (χ4n) is 3.09. The van der Waals surface area contributed by atoms with E-state index in [0.717, 1.165) is 11.3 Å². The molecule has 0 bridgehead atoms. The third kappa shape index (κ3) is 3.97. The van der Waals surface area contributed by atoms with Crippen molar-refractivity contribution in [1.29, 1.82) is 0 Å². The van der Waals surface area contributed by atoms with Crippen molar-refractivity contribution in [3.05, 3.63) is 73.7 Å². The van der Waals surface area contributed by atoms with E-state index in [9.17, 15) is 14.4 Å². The largest absolute Gasteiger partial charge is 0.352 e. The van der Waals surface area contributed by atoms with Gasteiger partial charge in [0, 0.05) is 37.7 Å². The number of H-pyrrole nitrogens is 1. The Balaban J connectivity index is 1.68. The average molecular weight is 366 g/mol. The number of hydrogen-bond acceptors (Lipinski definition) is 4. The molecule has 0 saturated carbocycles. The molecule has 7 nitrogen and oxygen atoms in total. The number of benzene rings is 1. The molecule has 0 atom stereocenters. The lowest BCUT2D eigenvalue weighted by Gasteiger charge is -2.10. The van der Waals surface area contributed by atoms with Gasteiger partial charge in [0.2, 0.25) is 5.91 Å². The summed E-state index contributed by atoms with van der Waals surface area (Å²) < 4.78 is 1.48. The number of pyridine rings is 1. The highest BCUT2D eigenvalue weighted by Gasteiger charge is 2.11. The van der Waals surface area contributed by atoms with Crippen LogP contribution >= 0.6 is 0 Å². The van der Waals surface area contributed by atoms with Gasteiger partial charge in [0.15, 0.2) is 0 Å². The van der Waals surface area contributed by atoms with Crippen LogP contribution in [0.15, 0.2) is 39.9 Å². The van der Waals surface area contributed by atoms with Crippen molar-refractivity contribution in [2.75, 3.05) is 0 Å².